The van der Waals surface area contributed by atoms with E-state index in [9.17, 15) is 14.4 Å². The second-order valence-corrected chi connectivity index (χ2v) is 9.13. The lowest BCUT2D eigenvalue weighted by atomic mass is 9.94. The van der Waals surface area contributed by atoms with Crippen LogP contribution in [0.5, 0.6) is 0 Å². The average molecular weight is 447 g/mol. The lowest BCUT2D eigenvalue weighted by Crippen LogP contribution is -2.38. The van der Waals surface area contributed by atoms with Crippen molar-refractivity contribution in [2.45, 2.75) is 52.0 Å². The second-order valence-electron chi connectivity index (χ2n) is 8.08. The van der Waals surface area contributed by atoms with Crippen LogP contribution in [-0.2, 0) is 19.7 Å². The molecule has 3 N–H and O–H groups in total. The van der Waals surface area contributed by atoms with Crippen LogP contribution in [-0.4, -0.2) is 36.1 Å². The van der Waals surface area contributed by atoms with E-state index in [0.717, 1.165) is 10.4 Å². The van der Waals surface area contributed by atoms with Gasteiger partial charge in [-0.3, -0.25) is 9.59 Å². The minimum Gasteiger partial charge on any atom is -0.462 e. The summed E-state index contributed by atoms with van der Waals surface area (Å²) in [7, 11) is 0. The van der Waals surface area contributed by atoms with Crippen LogP contribution in [0.2, 0.25) is 0 Å². The SMILES string of the molecule is CCOC(=O)c1cc(C(C)(C)C)sc1NC(=O)C(=O)N[C@@H](CCCO)c1ccccc1. The summed E-state index contributed by atoms with van der Waals surface area (Å²) >= 11 is 1.25. The maximum absolute atomic E-state index is 12.6. The number of carbonyl (C=O) groups is 3. The molecule has 0 aliphatic carbocycles. The van der Waals surface area contributed by atoms with Gasteiger partial charge in [0.05, 0.1) is 18.2 Å². The molecular formula is C23H30N2O5S. The van der Waals surface area contributed by atoms with Gasteiger partial charge in [-0.25, -0.2) is 4.79 Å². The van der Waals surface area contributed by atoms with Crippen molar-refractivity contribution in [3.63, 3.8) is 0 Å². The van der Waals surface area contributed by atoms with Gasteiger partial charge >= 0.3 is 17.8 Å². The highest BCUT2D eigenvalue weighted by atomic mass is 32.1. The summed E-state index contributed by atoms with van der Waals surface area (Å²) < 4.78 is 5.10. The fraction of sp³-hybridized carbons (Fsp3) is 0.435. The third-order valence-corrected chi connectivity index (χ3v) is 6.03. The van der Waals surface area contributed by atoms with Crippen LogP contribution in [0.15, 0.2) is 36.4 Å². The first-order chi connectivity index (χ1) is 14.7. The minimum atomic E-state index is -0.863. The number of aliphatic hydroxyl groups excluding tert-OH is 1. The Labute approximate surface area is 186 Å². The lowest BCUT2D eigenvalue weighted by Gasteiger charge is -2.18. The molecule has 1 atom stereocenters. The van der Waals surface area contributed by atoms with E-state index in [1.807, 2.05) is 51.1 Å². The first kappa shape index (κ1) is 24.6. The van der Waals surface area contributed by atoms with Crippen LogP contribution in [0, 0.1) is 0 Å². The Kier molecular flexibility index (Phi) is 8.76. The molecule has 0 aliphatic heterocycles. The Morgan fingerprint density at radius 3 is 2.39 bits per heavy atom. The molecule has 2 amide bonds. The fourth-order valence-electron chi connectivity index (χ4n) is 2.90. The molecule has 1 heterocycles. The molecule has 1 aromatic heterocycles. The highest BCUT2D eigenvalue weighted by Crippen LogP contribution is 2.36. The Hall–Kier alpha value is -2.71. The molecule has 0 saturated heterocycles. The van der Waals surface area contributed by atoms with Crippen LogP contribution in [0.4, 0.5) is 5.00 Å². The predicted molar refractivity (Wildman–Crippen MR) is 121 cm³/mol. The average Bonchev–Trinajstić information content (AvgIpc) is 3.16. The van der Waals surface area contributed by atoms with Gasteiger partial charge in [-0.15, -0.1) is 11.3 Å². The number of hydrogen-bond acceptors (Lipinski definition) is 6. The molecule has 0 bridgehead atoms. The summed E-state index contributed by atoms with van der Waals surface area (Å²) in [5.74, 6) is -2.22. The van der Waals surface area contributed by atoms with Crippen molar-refractivity contribution in [2.75, 3.05) is 18.5 Å². The molecule has 0 fully saturated rings. The quantitative estimate of drug-likeness (QED) is 0.423. The number of carbonyl (C=O) groups excluding carboxylic acids is 3. The fourth-order valence-corrected chi connectivity index (χ4v) is 4.00. The van der Waals surface area contributed by atoms with Crippen LogP contribution in [0.3, 0.4) is 0 Å². The summed E-state index contributed by atoms with van der Waals surface area (Å²) in [5.41, 5.74) is 0.841. The molecule has 2 rings (SSSR count). The van der Waals surface area contributed by atoms with E-state index < -0.39 is 23.8 Å². The number of amides is 2. The van der Waals surface area contributed by atoms with E-state index in [4.69, 9.17) is 9.84 Å². The van der Waals surface area contributed by atoms with Gasteiger partial charge in [-0.2, -0.15) is 0 Å². The molecule has 31 heavy (non-hydrogen) atoms. The third kappa shape index (κ3) is 6.90. The predicted octanol–water partition coefficient (Wildman–Crippen LogP) is 3.79. The van der Waals surface area contributed by atoms with Crippen LogP contribution < -0.4 is 10.6 Å². The van der Waals surface area contributed by atoms with E-state index in [0.29, 0.717) is 12.8 Å². The largest absolute Gasteiger partial charge is 0.462 e. The minimum absolute atomic E-state index is 0.0148. The van der Waals surface area contributed by atoms with E-state index in [-0.39, 0.29) is 29.2 Å². The molecule has 0 aliphatic rings. The van der Waals surface area contributed by atoms with Gasteiger partial charge in [0.2, 0.25) is 0 Å². The number of rotatable bonds is 8. The summed E-state index contributed by atoms with van der Waals surface area (Å²) in [6.07, 6.45) is 0.967. The lowest BCUT2D eigenvalue weighted by molar-refractivity contribution is -0.136. The van der Waals surface area contributed by atoms with Crippen LogP contribution >= 0.6 is 11.3 Å². The number of benzene rings is 1. The molecule has 8 heteroatoms. The number of aliphatic hydroxyl groups is 1. The van der Waals surface area contributed by atoms with Gasteiger partial charge in [0.15, 0.2) is 0 Å². The number of nitrogens with one attached hydrogen (secondary N) is 2. The van der Waals surface area contributed by atoms with Crippen molar-refractivity contribution in [3.8, 4) is 0 Å². The van der Waals surface area contributed by atoms with Crippen LogP contribution in [0.25, 0.3) is 0 Å². The number of anilines is 1. The van der Waals surface area contributed by atoms with Crippen molar-refractivity contribution in [1.82, 2.24) is 5.32 Å². The molecule has 168 valence electrons. The van der Waals surface area contributed by atoms with E-state index in [1.165, 1.54) is 11.3 Å². The van der Waals surface area contributed by atoms with Gasteiger partial charge in [-0.1, -0.05) is 51.1 Å². The van der Waals surface area contributed by atoms with Gasteiger partial charge in [0, 0.05) is 11.5 Å². The topological polar surface area (TPSA) is 105 Å². The summed E-state index contributed by atoms with van der Waals surface area (Å²) in [4.78, 5) is 38.5. The van der Waals surface area contributed by atoms with E-state index in [2.05, 4.69) is 10.6 Å². The van der Waals surface area contributed by atoms with E-state index >= 15 is 0 Å². The number of esters is 1. The van der Waals surface area contributed by atoms with E-state index in [1.54, 1.807) is 13.0 Å². The molecule has 0 saturated carbocycles. The zero-order valence-electron chi connectivity index (χ0n) is 18.4. The first-order valence-electron chi connectivity index (χ1n) is 10.3. The number of hydrogen-bond donors (Lipinski definition) is 3. The smallest absolute Gasteiger partial charge is 0.341 e. The van der Waals surface area contributed by atoms with Gasteiger partial charge in [0.25, 0.3) is 0 Å². The Morgan fingerprint density at radius 2 is 1.81 bits per heavy atom. The third-order valence-electron chi connectivity index (χ3n) is 4.56. The summed E-state index contributed by atoms with van der Waals surface area (Å²) in [6, 6.07) is 10.6. The number of ether oxygens (including phenoxy) is 1. The maximum Gasteiger partial charge on any atom is 0.341 e. The van der Waals surface area contributed by atoms with Gasteiger partial charge in [-0.05, 0) is 36.8 Å². The first-order valence-corrected chi connectivity index (χ1v) is 11.1. The van der Waals surface area contributed by atoms with Gasteiger partial charge < -0.3 is 20.5 Å². The molecule has 0 spiro atoms. The summed E-state index contributed by atoms with van der Waals surface area (Å²) in [6.45, 7) is 7.89. The Balaban J connectivity index is 2.20. The van der Waals surface area contributed by atoms with Crippen molar-refractivity contribution < 1.29 is 24.2 Å². The van der Waals surface area contributed by atoms with Crippen molar-refractivity contribution >= 4 is 34.1 Å². The van der Waals surface area contributed by atoms with Crippen molar-refractivity contribution in [3.05, 3.63) is 52.4 Å². The highest BCUT2D eigenvalue weighted by molar-refractivity contribution is 7.17. The highest BCUT2D eigenvalue weighted by Gasteiger charge is 2.27. The molecular weight excluding hydrogens is 416 g/mol. The molecule has 1 aromatic carbocycles. The molecule has 0 radical (unpaired) electrons. The monoisotopic (exact) mass is 446 g/mol. The molecule has 0 unspecified atom stereocenters. The number of thiophene rings is 1. The zero-order chi connectivity index (χ0) is 23.0. The van der Waals surface area contributed by atoms with Gasteiger partial charge in [0.1, 0.15) is 5.00 Å². The normalized spacial score (nSPS) is 12.2. The maximum atomic E-state index is 12.6. The van der Waals surface area contributed by atoms with Crippen molar-refractivity contribution in [1.29, 1.82) is 0 Å². The standard InChI is InChI=1S/C23H30N2O5S/c1-5-30-22(29)16-14-18(23(2,3)4)31-21(16)25-20(28)19(27)24-17(12-9-13-26)15-10-7-6-8-11-15/h6-8,10-11,14,17,26H,5,9,12-13H2,1-4H3,(H,24,27)(H,25,28)/t17-/m0/s1. The van der Waals surface area contributed by atoms with Crippen molar-refractivity contribution in [2.24, 2.45) is 0 Å². The zero-order valence-corrected chi connectivity index (χ0v) is 19.2. The summed E-state index contributed by atoms with van der Waals surface area (Å²) in [5, 5.41) is 14.7. The Bertz CT molecular complexity index is 902. The second kappa shape index (κ2) is 11.1. The molecule has 2 aromatic rings. The molecule has 7 nitrogen and oxygen atoms in total. The Morgan fingerprint density at radius 1 is 1.13 bits per heavy atom. The van der Waals surface area contributed by atoms with Crippen LogP contribution in [0.1, 0.15) is 67.4 Å².